The molecule has 3 N–H and O–H groups in total. The second-order valence-electron chi connectivity index (χ2n) is 3.05. The number of nitrogens with two attached hydrogens (primary N) is 1. The third-order valence-corrected chi connectivity index (χ3v) is 2.36. The molecule has 7 nitrogen and oxygen atoms in total. The van der Waals surface area contributed by atoms with Gasteiger partial charge in [-0.15, -0.1) is 5.10 Å². The summed E-state index contributed by atoms with van der Waals surface area (Å²) in [6.45, 7) is 0. The maximum Gasteiger partial charge on any atom is 0.342 e. The van der Waals surface area contributed by atoms with Crippen molar-refractivity contribution in [3.63, 3.8) is 0 Å². The molecule has 2 aromatic rings. The van der Waals surface area contributed by atoms with Gasteiger partial charge in [-0.1, -0.05) is 23.2 Å². The lowest BCUT2D eigenvalue weighted by molar-refractivity contribution is 0.423. The van der Waals surface area contributed by atoms with Crippen LogP contribution in [-0.4, -0.2) is 19.7 Å². The molecule has 2 aromatic heterocycles. The molecule has 0 aliphatic heterocycles. The highest BCUT2D eigenvalue weighted by atomic mass is 35.5. The van der Waals surface area contributed by atoms with E-state index in [9.17, 15) is 0 Å². The number of nitrogens with zero attached hydrogens (tertiary/aromatic N) is 4. The van der Waals surface area contributed by atoms with Crippen LogP contribution < -0.4 is 16.0 Å². The van der Waals surface area contributed by atoms with E-state index < -0.39 is 0 Å². The molecule has 2 rings (SSSR count). The second kappa shape index (κ2) is 4.74. The highest BCUT2D eigenvalue weighted by Crippen LogP contribution is 2.31. The summed E-state index contributed by atoms with van der Waals surface area (Å²) in [5.74, 6) is 5.61. The fourth-order valence-electron chi connectivity index (χ4n) is 1.08. The Morgan fingerprint density at radius 2 is 2.18 bits per heavy atom. The van der Waals surface area contributed by atoms with Crippen LogP contribution in [0.3, 0.4) is 0 Å². The van der Waals surface area contributed by atoms with Gasteiger partial charge in [0.2, 0.25) is 5.88 Å². The summed E-state index contributed by atoms with van der Waals surface area (Å²) < 4.78 is 6.77. The van der Waals surface area contributed by atoms with E-state index in [1.54, 1.807) is 7.05 Å². The number of hydrazine groups is 1. The van der Waals surface area contributed by atoms with Crippen LogP contribution in [0.2, 0.25) is 10.0 Å². The quantitative estimate of drug-likeness (QED) is 0.653. The monoisotopic (exact) mass is 274 g/mol. The lowest BCUT2D eigenvalue weighted by Crippen LogP contribution is -2.09. The molecule has 0 amide bonds. The number of hydrogen-bond donors (Lipinski definition) is 2. The average Bonchev–Trinajstić information content (AvgIpc) is 2.68. The molecule has 0 saturated heterocycles. The summed E-state index contributed by atoms with van der Waals surface area (Å²) in [6.07, 6.45) is 1.49. The Morgan fingerprint density at radius 3 is 2.76 bits per heavy atom. The fraction of sp³-hybridized carbons (Fsp3) is 0.125. The molecule has 0 aliphatic rings. The van der Waals surface area contributed by atoms with Crippen molar-refractivity contribution in [2.45, 2.75) is 0 Å². The maximum atomic E-state index is 5.91. The van der Waals surface area contributed by atoms with E-state index in [-0.39, 0.29) is 22.7 Å². The minimum atomic E-state index is 0.121. The zero-order chi connectivity index (χ0) is 12.4. The van der Waals surface area contributed by atoms with E-state index in [1.807, 2.05) is 0 Å². The SMILES string of the molecule is Cn1cnc(Oc2nc(NN)c(Cl)cc2Cl)n1. The normalized spacial score (nSPS) is 10.4. The van der Waals surface area contributed by atoms with Crippen LogP contribution in [-0.2, 0) is 7.05 Å². The summed E-state index contributed by atoms with van der Waals surface area (Å²) in [5.41, 5.74) is 2.33. The number of ether oxygens (including phenoxy) is 1. The Balaban J connectivity index is 2.32. The van der Waals surface area contributed by atoms with Crippen LogP contribution in [0.15, 0.2) is 12.4 Å². The van der Waals surface area contributed by atoms with E-state index in [4.69, 9.17) is 33.8 Å². The molecule has 0 aliphatic carbocycles. The maximum absolute atomic E-state index is 5.91. The van der Waals surface area contributed by atoms with Crippen molar-refractivity contribution >= 4 is 29.0 Å². The van der Waals surface area contributed by atoms with E-state index in [1.165, 1.54) is 17.1 Å². The molecule has 0 aromatic carbocycles. The van der Waals surface area contributed by atoms with Gasteiger partial charge >= 0.3 is 6.01 Å². The first-order valence-corrected chi connectivity index (χ1v) is 5.22. The lowest BCUT2D eigenvalue weighted by atomic mass is 10.4. The third kappa shape index (κ3) is 2.57. The minimum Gasteiger partial charge on any atom is -0.402 e. The number of nitrogens with one attached hydrogen (secondary N) is 1. The van der Waals surface area contributed by atoms with Gasteiger partial charge in [0.25, 0.3) is 0 Å². The number of aryl methyl sites for hydroxylation is 1. The summed E-state index contributed by atoms with van der Waals surface area (Å²) in [6, 6.07) is 1.59. The second-order valence-corrected chi connectivity index (χ2v) is 3.87. The zero-order valence-corrected chi connectivity index (χ0v) is 10.2. The molecule has 0 bridgehead atoms. The van der Waals surface area contributed by atoms with Gasteiger partial charge in [0.05, 0.1) is 5.02 Å². The van der Waals surface area contributed by atoms with Crippen molar-refractivity contribution in [3.05, 3.63) is 22.4 Å². The van der Waals surface area contributed by atoms with Crippen LogP contribution in [0.5, 0.6) is 11.9 Å². The molecule has 90 valence electrons. The first-order valence-electron chi connectivity index (χ1n) is 4.46. The van der Waals surface area contributed by atoms with Gasteiger partial charge in [-0.05, 0) is 6.07 Å². The summed E-state index contributed by atoms with van der Waals surface area (Å²) in [4.78, 5) is 7.86. The Hall–Kier alpha value is -1.57. The molecule has 0 saturated carbocycles. The molecule has 0 spiro atoms. The average molecular weight is 275 g/mol. The van der Waals surface area contributed by atoms with Gasteiger partial charge in [-0.25, -0.2) is 5.84 Å². The van der Waals surface area contributed by atoms with E-state index in [2.05, 4.69) is 20.5 Å². The first kappa shape index (κ1) is 11.9. The van der Waals surface area contributed by atoms with Gasteiger partial charge in [0.15, 0.2) is 5.82 Å². The molecule has 0 fully saturated rings. The van der Waals surface area contributed by atoms with Crippen LogP contribution >= 0.6 is 23.2 Å². The van der Waals surface area contributed by atoms with Crippen molar-refractivity contribution in [1.82, 2.24) is 19.7 Å². The highest BCUT2D eigenvalue weighted by molar-refractivity contribution is 6.36. The van der Waals surface area contributed by atoms with Gasteiger partial charge in [-0.3, -0.25) is 4.68 Å². The standard InChI is InChI=1S/C8H8Cl2N6O/c1-16-3-12-8(15-16)17-7-5(10)2-4(9)6(13-7)14-11/h2-3H,11H2,1H3,(H,13,14). The molecule has 17 heavy (non-hydrogen) atoms. The Labute approximate surface area is 106 Å². The minimum absolute atomic E-state index is 0.121. The Kier molecular flexibility index (Phi) is 3.32. The van der Waals surface area contributed by atoms with Crippen LogP contribution in [0.25, 0.3) is 0 Å². The first-order chi connectivity index (χ1) is 8.10. The summed E-state index contributed by atoms with van der Waals surface area (Å²) in [7, 11) is 1.71. The van der Waals surface area contributed by atoms with Crippen molar-refractivity contribution in [2.24, 2.45) is 12.9 Å². The molecule has 0 radical (unpaired) electrons. The molecular formula is C8H8Cl2N6O. The van der Waals surface area contributed by atoms with E-state index >= 15 is 0 Å². The number of hydrogen-bond acceptors (Lipinski definition) is 6. The third-order valence-electron chi connectivity index (χ3n) is 1.80. The van der Waals surface area contributed by atoms with Crippen molar-refractivity contribution in [3.8, 4) is 11.9 Å². The van der Waals surface area contributed by atoms with Gasteiger partial charge in [-0.2, -0.15) is 9.97 Å². The number of nitrogen functional groups attached to an aromatic ring is 1. The Bertz CT molecular complexity index is 543. The molecule has 2 heterocycles. The predicted molar refractivity (Wildman–Crippen MR) is 63.1 cm³/mol. The number of pyridine rings is 1. The molecular weight excluding hydrogens is 267 g/mol. The number of rotatable bonds is 3. The number of anilines is 1. The van der Waals surface area contributed by atoms with Crippen LogP contribution in [0, 0.1) is 0 Å². The highest BCUT2D eigenvalue weighted by Gasteiger charge is 2.12. The van der Waals surface area contributed by atoms with Gasteiger partial charge in [0.1, 0.15) is 11.3 Å². The van der Waals surface area contributed by atoms with Gasteiger partial charge in [0, 0.05) is 7.05 Å². The Morgan fingerprint density at radius 1 is 1.41 bits per heavy atom. The lowest BCUT2D eigenvalue weighted by Gasteiger charge is -2.07. The van der Waals surface area contributed by atoms with Gasteiger partial charge < -0.3 is 10.2 Å². The topological polar surface area (TPSA) is 90.9 Å². The van der Waals surface area contributed by atoms with Crippen LogP contribution in [0.4, 0.5) is 5.82 Å². The summed E-state index contributed by atoms with van der Waals surface area (Å²) >= 11 is 11.7. The van der Waals surface area contributed by atoms with Crippen molar-refractivity contribution in [2.75, 3.05) is 5.43 Å². The molecule has 0 unspecified atom stereocenters. The number of halogens is 2. The largest absolute Gasteiger partial charge is 0.402 e. The number of aromatic nitrogens is 4. The van der Waals surface area contributed by atoms with Crippen molar-refractivity contribution < 1.29 is 4.74 Å². The molecule has 9 heteroatoms. The van der Waals surface area contributed by atoms with Crippen molar-refractivity contribution in [1.29, 1.82) is 0 Å². The predicted octanol–water partition coefficient (Wildman–Crippen LogP) is 1.59. The van der Waals surface area contributed by atoms with E-state index in [0.717, 1.165) is 0 Å². The van der Waals surface area contributed by atoms with E-state index in [0.29, 0.717) is 5.02 Å². The zero-order valence-electron chi connectivity index (χ0n) is 8.69. The molecule has 0 atom stereocenters. The smallest absolute Gasteiger partial charge is 0.342 e. The van der Waals surface area contributed by atoms with Crippen LogP contribution in [0.1, 0.15) is 0 Å². The fourth-order valence-corrected chi connectivity index (χ4v) is 1.53. The summed E-state index contributed by atoms with van der Waals surface area (Å²) in [5, 5.41) is 4.45.